The number of anilines is 1. The number of aromatic nitrogens is 1. The number of rotatable bonds is 2. The number of halogens is 1. The van der Waals surface area contributed by atoms with Crippen LogP contribution in [-0.2, 0) is 0 Å². The second kappa shape index (κ2) is 5.41. The molecule has 0 radical (unpaired) electrons. The quantitative estimate of drug-likeness (QED) is 0.320. The van der Waals surface area contributed by atoms with Crippen molar-refractivity contribution in [2.75, 3.05) is 18.0 Å². The Labute approximate surface area is 110 Å². The van der Waals surface area contributed by atoms with E-state index >= 15 is 0 Å². The van der Waals surface area contributed by atoms with Crippen LogP contribution in [-0.4, -0.2) is 40.3 Å². The normalized spacial score (nSPS) is 21.1. The van der Waals surface area contributed by atoms with E-state index in [0.29, 0.717) is 22.9 Å². The van der Waals surface area contributed by atoms with Crippen molar-refractivity contribution < 1.29 is 10.3 Å². The molecular formula is C11H15ClN4O2. The summed E-state index contributed by atoms with van der Waals surface area (Å²) >= 11 is 6.21. The van der Waals surface area contributed by atoms with Crippen LogP contribution >= 0.6 is 11.6 Å². The molecule has 6 nitrogen and oxygen atoms in total. The first-order valence-electron chi connectivity index (χ1n) is 5.69. The summed E-state index contributed by atoms with van der Waals surface area (Å²) in [5, 5.41) is 21.6. The van der Waals surface area contributed by atoms with Gasteiger partial charge in [-0.1, -0.05) is 16.8 Å². The highest BCUT2D eigenvalue weighted by Gasteiger charge is 2.22. The molecule has 0 aromatic carbocycles. The average Bonchev–Trinajstić information content (AvgIpc) is 2.38. The molecule has 0 spiro atoms. The minimum absolute atomic E-state index is 0.0544. The summed E-state index contributed by atoms with van der Waals surface area (Å²) in [7, 11) is 0. The monoisotopic (exact) mass is 270 g/mol. The molecule has 2 heterocycles. The number of β-amino-alcohol motifs (C(OH)–C–C–N with tert-alkyl or cyclic N) is 1. The lowest BCUT2D eigenvalue weighted by Gasteiger charge is -2.31. The van der Waals surface area contributed by atoms with Gasteiger partial charge in [0.25, 0.3) is 0 Å². The Morgan fingerprint density at radius 2 is 2.39 bits per heavy atom. The lowest BCUT2D eigenvalue weighted by Crippen LogP contribution is -2.39. The lowest BCUT2D eigenvalue weighted by molar-refractivity contribution is 0.154. The van der Waals surface area contributed by atoms with Gasteiger partial charge in [0.1, 0.15) is 5.82 Å². The van der Waals surface area contributed by atoms with E-state index in [4.69, 9.17) is 22.5 Å². The SMILES string of the molecule is N/C(=N/O)c1ccnc(N2CCCC(O)C2)c1Cl. The number of nitrogens with two attached hydrogens (primary N) is 1. The average molecular weight is 271 g/mol. The van der Waals surface area contributed by atoms with Gasteiger partial charge in [-0.15, -0.1) is 0 Å². The van der Waals surface area contributed by atoms with Gasteiger partial charge in [0.2, 0.25) is 0 Å². The zero-order chi connectivity index (χ0) is 13.1. The summed E-state index contributed by atoms with van der Waals surface area (Å²) in [5.74, 6) is 0.501. The fourth-order valence-electron chi connectivity index (χ4n) is 2.05. The second-order valence-electron chi connectivity index (χ2n) is 4.22. The maximum atomic E-state index is 9.66. The van der Waals surface area contributed by atoms with Crippen LogP contribution in [0.25, 0.3) is 0 Å². The molecule has 1 aliphatic heterocycles. The standard InChI is InChI=1S/C11H15ClN4O2/c12-9-8(10(13)15-18)3-4-14-11(9)16-5-1-2-7(17)6-16/h3-4,7,17-18H,1-2,5-6H2,(H2,13,15). The van der Waals surface area contributed by atoms with E-state index in [0.717, 1.165) is 19.4 Å². The van der Waals surface area contributed by atoms with Crippen molar-refractivity contribution in [1.82, 2.24) is 4.98 Å². The molecule has 1 saturated heterocycles. The van der Waals surface area contributed by atoms with Gasteiger partial charge in [0.05, 0.1) is 11.1 Å². The van der Waals surface area contributed by atoms with Gasteiger partial charge in [-0.3, -0.25) is 0 Å². The molecule has 7 heteroatoms. The van der Waals surface area contributed by atoms with Gasteiger partial charge in [0.15, 0.2) is 5.84 Å². The number of nitrogens with zero attached hydrogens (tertiary/aromatic N) is 3. The fourth-order valence-corrected chi connectivity index (χ4v) is 2.38. The Kier molecular flexibility index (Phi) is 3.88. The van der Waals surface area contributed by atoms with Crippen LogP contribution in [0.5, 0.6) is 0 Å². The number of oxime groups is 1. The Balaban J connectivity index is 2.33. The molecule has 1 aromatic heterocycles. The van der Waals surface area contributed by atoms with Gasteiger partial charge in [-0.2, -0.15) is 0 Å². The molecular weight excluding hydrogens is 256 g/mol. The summed E-state index contributed by atoms with van der Waals surface area (Å²) in [5.41, 5.74) is 5.98. The van der Waals surface area contributed by atoms with Crippen LogP contribution < -0.4 is 10.6 Å². The van der Waals surface area contributed by atoms with Crippen molar-refractivity contribution in [3.63, 3.8) is 0 Å². The van der Waals surface area contributed by atoms with Crippen LogP contribution in [0.1, 0.15) is 18.4 Å². The number of aliphatic hydroxyl groups excluding tert-OH is 1. The van der Waals surface area contributed by atoms with Crippen LogP contribution in [0, 0.1) is 0 Å². The molecule has 1 atom stereocenters. The van der Waals surface area contributed by atoms with E-state index in [1.54, 1.807) is 12.3 Å². The van der Waals surface area contributed by atoms with Crippen LogP contribution in [0.3, 0.4) is 0 Å². The zero-order valence-electron chi connectivity index (χ0n) is 9.75. The molecule has 98 valence electrons. The first-order valence-corrected chi connectivity index (χ1v) is 6.06. The van der Waals surface area contributed by atoms with Gasteiger partial charge in [-0.05, 0) is 18.9 Å². The summed E-state index contributed by atoms with van der Waals surface area (Å²) < 4.78 is 0. The minimum Gasteiger partial charge on any atom is -0.409 e. The van der Waals surface area contributed by atoms with Gasteiger partial charge < -0.3 is 20.9 Å². The number of aliphatic hydroxyl groups is 1. The third-order valence-corrected chi connectivity index (χ3v) is 3.32. The summed E-state index contributed by atoms with van der Waals surface area (Å²) in [6.07, 6.45) is 2.85. The molecule has 1 aromatic rings. The maximum absolute atomic E-state index is 9.66. The largest absolute Gasteiger partial charge is 0.409 e. The molecule has 0 bridgehead atoms. The second-order valence-corrected chi connectivity index (χ2v) is 4.60. The molecule has 1 fully saturated rings. The van der Waals surface area contributed by atoms with Crippen LogP contribution in [0.4, 0.5) is 5.82 Å². The van der Waals surface area contributed by atoms with Crippen LogP contribution in [0.2, 0.25) is 5.02 Å². The predicted octanol–water partition coefficient (Wildman–Crippen LogP) is 0.791. The molecule has 0 aliphatic carbocycles. The highest BCUT2D eigenvalue weighted by atomic mass is 35.5. The maximum Gasteiger partial charge on any atom is 0.171 e. The molecule has 1 unspecified atom stereocenters. The van der Waals surface area contributed by atoms with E-state index in [2.05, 4.69) is 10.1 Å². The zero-order valence-corrected chi connectivity index (χ0v) is 10.5. The van der Waals surface area contributed by atoms with E-state index < -0.39 is 0 Å². The Morgan fingerprint density at radius 1 is 1.61 bits per heavy atom. The Hall–Kier alpha value is -1.53. The predicted molar refractivity (Wildman–Crippen MR) is 69.2 cm³/mol. The van der Waals surface area contributed by atoms with Gasteiger partial charge >= 0.3 is 0 Å². The van der Waals surface area contributed by atoms with E-state index in [9.17, 15) is 5.11 Å². The molecule has 1 aliphatic rings. The van der Waals surface area contributed by atoms with Crippen molar-refractivity contribution in [3.8, 4) is 0 Å². The van der Waals surface area contributed by atoms with Crippen molar-refractivity contribution >= 4 is 23.3 Å². The van der Waals surface area contributed by atoms with Gasteiger partial charge in [-0.25, -0.2) is 4.98 Å². The summed E-state index contributed by atoms with van der Waals surface area (Å²) in [6.45, 7) is 1.27. The molecule has 0 saturated carbocycles. The van der Waals surface area contributed by atoms with E-state index in [-0.39, 0.29) is 11.9 Å². The topological polar surface area (TPSA) is 95.0 Å². The summed E-state index contributed by atoms with van der Waals surface area (Å²) in [6, 6.07) is 1.58. The van der Waals surface area contributed by atoms with Crippen LogP contribution in [0.15, 0.2) is 17.4 Å². The number of pyridine rings is 1. The number of piperidine rings is 1. The van der Waals surface area contributed by atoms with Crippen molar-refractivity contribution in [2.45, 2.75) is 18.9 Å². The number of hydrogen-bond donors (Lipinski definition) is 3. The van der Waals surface area contributed by atoms with E-state index in [1.165, 1.54) is 0 Å². The summed E-state index contributed by atoms with van der Waals surface area (Å²) in [4.78, 5) is 6.11. The molecule has 18 heavy (non-hydrogen) atoms. The molecule has 2 rings (SSSR count). The Morgan fingerprint density at radius 3 is 3.06 bits per heavy atom. The Bertz CT molecular complexity index is 466. The third-order valence-electron chi connectivity index (χ3n) is 2.95. The van der Waals surface area contributed by atoms with Crippen molar-refractivity contribution in [2.24, 2.45) is 10.9 Å². The number of amidine groups is 1. The van der Waals surface area contributed by atoms with Crippen molar-refractivity contribution in [3.05, 3.63) is 22.8 Å². The first-order chi connectivity index (χ1) is 8.63. The smallest absolute Gasteiger partial charge is 0.171 e. The third kappa shape index (κ3) is 2.49. The highest BCUT2D eigenvalue weighted by Crippen LogP contribution is 2.28. The highest BCUT2D eigenvalue weighted by molar-refractivity contribution is 6.36. The fraction of sp³-hybridized carbons (Fsp3) is 0.455. The van der Waals surface area contributed by atoms with E-state index in [1.807, 2.05) is 4.90 Å². The number of hydrogen-bond acceptors (Lipinski definition) is 5. The minimum atomic E-state index is -0.371. The molecule has 0 amide bonds. The lowest BCUT2D eigenvalue weighted by atomic mass is 10.1. The van der Waals surface area contributed by atoms with Crippen molar-refractivity contribution in [1.29, 1.82) is 0 Å². The first kappa shape index (κ1) is 12.9. The molecule has 4 N–H and O–H groups in total. The van der Waals surface area contributed by atoms with Gasteiger partial charge in [0, 0.05) is 24.8 Å².